The second kappa shape index (κ2) is 6.47. The SMILES string of the molecule is COCC1CCCN(c2cnc(C(=O)OC)cn2)C1. The van der Waals surface area contributed by atoms with Crippen LogP contribution in [-0.4, -0.2) is 49.9 Å². The number of anilines is 1. The molecule has 1 aromatic rings. The van der Waals surface area contributed by atoms with Gasteiger partial charge in [-0.3, -0.25) is 0 Å². The average molecular weight is 265 g/mol. The minimum absolute atomic E-state index is 0.233. The van der Waals surface area contributed by atoms with E-state index >= 15 is 0 Å². The molecular formula is C13H19N3O3. The van der Waals surface area contributed by atoms with Gasteiger partial charge in [-0.2, -0.15) is 0 Å². The van der Waals surface area contributed by atoms with Crippen molar-refractivity contribution in [2.45, 2.75) is 12.8 Å². The number of hydrogen-bond donors (Lipinski definition) is 0. The van der Waals surface area contributed by atoms with Crippen LogP contribution >= 0.6 is 0 Å². The standard InChI is InChI=1S/C13H19N3O3/c1-18-9-10-4-3-5-16(8-10)12-7-14-11(6-15-12)13(17)19-2/h6-7,10H,3-5,8-9H2,1-2H3. The van der Waals surface area contributed by atoms with Crippen LogP contribution in [-0.2, 0) is 9.47 Å². The normalized spacial score (nSPS) is 19.3. The van der Waals surface area contributed by atoms with E-state index in [1.807, 2.05) is 0 Å². The summed E-state index contributed by atoms with van der Waals surface area (Å²) in [5.41, 5.74) is 0.233. The van der Waals surface area contributed by atoms with Crippen LogP contribution in [0.25, 0.3) is 0 Å². The first-order valence-electron chi connectivity index (χ1n) is 6.39. The summed E-state index contributed by atoms with van der Waals surface area (Å²) in [6.07, 6.45) is 5.38. The zero-order valence-corrected chi connectivity index (χ0v) is 11.3. The van der Waals surface area contributed by atoms with Gasteiger partial charge < -0.3 is 14.4 Å². The molecule has 0 aromatic carbocycles. The molecule has 2 rings (SSSR count). The van der Waals surface area contributed by atoms with Crippen molar-refractivity contribution in [3.63, 3.8) is 0 Å². The van der Waals surface area contributed by atoms with Crippen LogP contribution < -0.4 is 4.90 Å². The fourth-order valence-electron chi connectivity index (χ4n) is 2.34. The summed E-state index contributed by atoms with van der Waals surface area (Å²) in [6, 6.07) is 0. The number of aromatic nitrogens is 2. The van der Waals surface area contributed by atoms with Crippen molar-refractivity contribution in [2.24, 2.45) is 5.92 Å². The lowest BCUT2D eigenvalue weighted by Crippen LogP contribution is -2.37. The molecule has 1 atom stereocenters. The minimum atomic E-state index is -0.463. The number of piperidine rings is 1. The molecule has 6 nitrogen and oxygen atoms in total. The number of esters is 1. The summed E-state index contributed by atoms with van der Waals surface area (Å²) in [5, 5.41) is 0. The first-order chi connectivity index (χ1) is 9.24. The maximum atomic E-state index is 11.3. The van der Waals surface area contributed by atoms with Crippen LogP contribution in [0, 0.1) is 5.92 Å². The number of methoxy groups -OCH3 is 2. The number of nitrogens with zero attached hydrogens (tertiary/aromatic N) is 3. The summed E-state index contributed by atoms with van der Waals surface area (Å²) in [6.45, 7) is 2.65. The van der Waals surface area contributed by atoms with Crippen LogP contribution in [0.15, 0.2) is 12.4 Å². The van der Waals surface area contributed by atoms with Gasteiger partial charge in [0.15, 0.2) is 5.69 Å². The van der Waals surface area contributed by atoms with Crippen LogP contribution in [0.1, 0.15) is 23.3 Å². The summed E-state index contributed by atoms with van der Waals surface area (Å²) in [4.78, 5) is 21.8. The Bertz CT molecular complexity index is 420. The van der Waals surface area contributed by atoms with Gasteiger partial charge in [0.05, 0.1) is 26.1 Å². The fourth-order valence-corrected chi connectivity index (χ4v) is 2.34. The molecule has 1 saturated heterocycles. The van der Waals surface area contributed by atoms with E-state index in [0.717, 1.165) is 31.9 Å². The second-order valence-corrected chi connectivity index (χ2v) is 4.66. The average Bonchev–Trinajstić information content (AvgIpc) is 2.47. The van der Waals surface area contributed by atoms with E-state index in [9.17, 15) is 4.79 Å². The van der Waals surface area contributed by atoms with Gasteiger partial charge in [0.1, 0.15) is 5.82 Å². The van der Waals surface area contributed by atoms with E-state index in [2.05, 4.69) is 19.6 Å². The monoisotopic (exact) mass is 265 g/mol. The maximum Gasteiger partial charge on any atom is 0.358 e. The van der Waals surface area contributed by atoms with E-state index in [-0.39, 0.29) is 5.69 Å². The molecule has 6 heteroatoms. The maximum absolute atomic E-state index is 11.3. The zero-order chi connectivity index (χ0) is 13.7. The Morgan fingerprint density at radius 3 is 2.89 bits per heavy atom. The second-order valence-electron chi connectivity index (χ2n) is 4.66. The van der Waals surface area contributed by atoms with Gasteiger partial charge in [0, 0.05) is 20.2 Å². The lowest BCUT2D eigenvalue weighted by molar-refractivity contribution is 0.0593. The highest BCUT2D eigenvalue weighted by molar-refractivity contribution is 5.86. The lowest BCUT2D eigenvalue weighted by Gasteiger charge is -2.33. The van der Waals surface area contributed by atoms with Gasteiger partial charge in [0.25, 0.3) is 0 Å². The Labute approximate surface area is 112 Å². The van der Waals surface area contributed by atoms with E-state index in [1.165, 1.54) is 19.7 Å². The first kappa shape index (κ1) is 13.7. The van der Waals surface area contributed by atoms with Crippen molar-refractivity contribution in [3.05, 3.63) is 18.1 Å². The molecular weight excluding hydrogens is 246 g/mol. The Morgan fingerprint density at radius 2 is 2.26 bits per heavy atom. The van der Waals surface area contributed by atoms with E-state index in [4.69, 9.17) is 4.74 Å². The molecule has 0 aliphatic carbocycles. The molecule has 0 spiro atoms. The third kappa shape index (κ3) is 3.41. The van der Waals surface area contributed by atoms with Gasteiger partial charge in [-0.15, -0.1) is 0 Å². The van der Waals surface area contributed by atoms with Gasteiger partial charge in [0.2, 0.25) is 0 Å². The predicted octanol–water partition coefficient (Wildman–Crippen LogP) is 1.13. The third-order valence-corrected chi connectivity index (χ3v) is 3.28. The lowest BCUT2D eigenvalue weighted by atomic mass is 9.99. The van der Waals surface area contributed by atoms with Gasteiger partial charge in [-0.05, 0) is 18.8 Å². The molecule has 0 amide bonds. The topological polar surface area (TPSA) is 64.5 Å². The predicted molar refractivity (Wildman–Crippen MR) is 70.2 cm³/mol. The molecule has 1 aliphatic heterocycles. The van der Waals surface area contributed by atoms with E-state index < -0.39 is 5.97 Å². The number of ether oxygens (including phenoxy) is 2. The summed E-state index contributed by atoms with van der Waals surface area (Å²) >= 11 is 0. The van der Waals surface area contributed by atoms with Crippen LogP contribution in [0.5, 0.6) is 0 Å². The van der Waals surface area contributed by atoms with Crippen molar-refractivity contribution < 1.29 is 14.3 Å². The Balaban J connectivity index is 2.03. The molecule has 1 aromatic heterocycles. The molecule has 2 heterocycles. The van der Waals surface area contributed by atoms with Crippen molar-refractivity contribution in [3.8, 4) is 0 Å². The van der Waals surface area contributed by atoms with Gasteiger partial charge in [-0.1, -0.05) is 0 Å². The third-order valence-electron chi connectivity index (χ3n) is 3.28. The van der Waals surface area contributed by atoms with Crippen molar-refractivity contribution in [1.82, 2.24) is 9.97 Å². The Morgan fingerprint density at radius 1 is 1.42 bits per heavy atom. The molecule has 104 valence electrons. The number of carbonyl (C=O) groups is 1. The molecule has 1 aliphatic rings. The van der Waals surface area contributed by atoms with Crippen molar-refractivity contribution >= 4 is 11.8 Å². The highest BCUT2D eigenvalue weighted by Gasteiger charge is 2.21. The highest BCUT2D eigenvalue weighted by atomic mass is 16.5. The van der Waals surface area contributed by atoms with Crippen LogP contribution in [0.2, 0.25) is 0 Å². The zero-order valence-electron chi connectivity index (χ0n) is 11.3. The molecule has 0 bridgehead atoms. The number of hydrogen-bond acceptors (Lipinski definition) is 6. The minimum Gasteiger partial charge on any atom is -0.464 e. The Kier molecular flexibility index (Phi) is 4.68. The number of rotatable bonds is 4. The Hall–Kier alpha value is -1.69. The highest BCUT2D eigenvalue weighted by Crippen LogP contribution is 2.21. The van der Waals surface area contributed by atoms with Crippen molar-refractivity contribution in [2.75, 3.05) is 38.8 Å². The van der Waals surface area contributed by atoms with Crippen LogP contribution in [0.3, 0.4) is 0 Å². The van der Waals surface area contributed by atoms with Crippen molar-refractivity contribution in [1.29, 1.82) is 0 Å². The van der Waals surface area contributed by atoms with Crippen LogP contribution in [0.4, 0.5) is 5.82 Å². The largest absolute Gasteiger partial charge is 0.464 e. The molecule has 1 fully saturated rings. The first-order valence-corrected chi connectivity index (χ1v) is 6.39. The summed E-state index contributed by atoms with van der Waals surface area (Å²) in [7, 11) is 3.06. The molecule has 0 N–H and O–H groups in total. The number of carbonyl (C=O) groups excluding carboxylic acids is 1. The molecule has 1 unspecified atom stereocenters. The quantitative estimate of drug-likeness (QED) is 0.760. The van der Waals surface area contributed by atoms with Gasteiger partial charge in [-0.25, -0.2) is 14.8 Å². The molecule has 0 saturated carbocycles. The summed E-state index contributed by atoms with van der Waals surface area (Å²) < 4.78 is 9.81. The molecule has 0 radical (unpaired) electrons. The smallest absolute Gasteiger partial charge is 0.358 e. The molecule has 19 heavy (non-hydrogen) atoms. The fraction of sp³-hybridized carbons (Fsp3) is 0.615. The summed E-state index contributed by atoms with van der Waals surface area (Å²) in [5.74, 6) is 0.865. The van der Waals surface area contributed by atoms with Gasteiger partial charge >= 0.3 is 5.97 Å². The van der Waals surface area contributed by atoms with E-state index in [1.54, 1.807) is 13.3 Å². The van der Waals surface area contributed by atoms with E-state index in [0.29, 0.717) is 5.92 Å².